The van der Waals surface area contributed by atoms with E-state index in [4.69, 9.17) is 4.74 Å². The monoisotopic (exact) mass is 605 g/mol. The first-order valence-electron chi connectivity index (χ1n) is 14.5. The van der Waals surface area contributed by atoms with Crippen LogP contribution in [0.25, 0.3) is 16.9 Å². The molecule has 2 aliphatic heterocycles. The fourth-order valence-corrected chi connectivity index (χ4v) is 5.91. The van der Waals surface area contributed by atoms with Crippen molar-refractivity contribution < 1.29 is 28.2 Å². The quantitative estimate of drug-likeness (QED) is 0.253. The van der Waals surface area contributed by atoms with Gasteiger partial charge in [-0.3, -0.25) is 14.0 Å². The summed E-state index contributed by atoms with van der Waals surface area (Å²) >= 11 is 0. The molecule has 0 bridgehead atoms. The second-order valence-electron chi connectivity index (χ2n) is 11.2. The van der Waals surface area contributed by atoms with Gasteiger partial charge in [0.1, 0.15) is 0 Å². The molecule has 13 heteroatoms. The highest BCUT2D eigenvalue weighted by Gasteiger charge is 2.34. The fraction of sp³-hybridized carbons (Fsp3) is 0.355. The number of carbonyl (C=O) groups excluding carboxylic acids is 2. The van der Waals surface area contributed by atoms with E-state index in [0.29, 0.717) is 54.5 Å². The molecule has 2 amide bonds. The van der Waals surface area contributed by atoms with Crippen LogP contribution in [0.2, 0.25) is 0 Å². The number of methoxy groups -OCH3 is 1. The van der Waals surface area contributed by atoms with Crippen LogP contribution in [0.15, 0.2) is 48.9 Å². The number of anilines is 2. The van der Waals surface area contributed by atoms with E-state index < -0.39 is 17.7 Å². The minimum absolute atomic E-state index is 0.0265. The van der Waals surface area contributed by atoms with Gasteiger partial charge in [-0.05, 0) is 62.1 Å². The third-order valence-electron chi connectivity index (χ3n) is 8.18. The molecule has 4 N–H and O–H groups in total. The van der Waals surface area contributed by atoms with Gasteiger partial charge in [-0.2, -0.15) is 4.39 Å². The van der Waals surface area contributed by atoms with Crippen molar-refractivity contribution in [1.29, 1.82) is 0 Å². The molecule has 2 saturated heterocycles. The highest BCUT2D eigenvalue weighted by Crippen LogP contribution is 2.31. The van der Waals surface area contributed by atoms with E-state index in [1.54, 1.807) is 27.6 Å². The van der Waals surface area contributed by atoms with Crippen LogP contribution in [0.3, 0.4) is 0 Å². The third kappa shape index (κ3) is 5.67. The summed E-state index contributed by atoms with van der Waals surface area (Å²) < 4.78 is 35.7. The van der Waals surface area contributed by atoms with Crippen molar-refractivity contribution in [1.82, 2.24) is 29.9 Å². The molecule has 2 aromatic carbocycles. The van der Waals surface area contributed by atoms with Crippen molar-refractivity contribution in [2.75, 3.05) is 32.1 Å². The number of aryl methyl sites for hydroxylation is 1. The number of amides is 2. The first-order valence-corrected chi connectivity index (χ1v) is 14.5. The number of hydrogen-bond donors (Lipinski definition) is 4. The summed E-state index contributed by atoms with van der Waals surface area (Å²) in [5, 5.41) is 19.1. The molecule has 1 unspecified atom stereocenters. The van der Waals surface area contributed by atoms with E-state index in [-0.39, 0.29) is 35.2 Å². The number of carbonyl (C=O) groups is 2. The second-order valence-corrected chi connectivity index (χ2v) is 11.2. The minimum Gasteiger partial charge on any atom is -0.494 e. The molecule has 0 spiro atoms. The van der Waals surface area contributed by atoms with E-state index in [0.717, 1.165) is 18.4 Å². The summed E-state index contributed by atoms with van der Waals surface area (Å²) in [4.78, 5) is 36.6. The molecule has 3 atom stereocenters. The Kier molecular flexibility index (Phi) is 8.15. The van der Waals surface area contributed by atoms with Crippen LogP contribution in [0.4, 0.5) is 20.3 Å². The van der Waals surface area contributed by atoms with E-state index in [1.807, 2.05) is 13.0 Å². The van der Waals surface area contributed by atoms with Crippen molar-refractivity contribution in [3.63, 3.8) is 0 Å². The molecule has 2 aromatic heterocycles. The predicted octanol–water partition coefficient (Wildman–Crippen LogP) is 3.18. The zero-order valence-electron chi connectivity index (χ0n) is 24.3. The van der Waals surface area contributed by atoms with Gasteiger partial charge in [0.15, 0.2) is 23.0 Å². The summed E-state index contributed by atoms with van der Waals surface area (Å²) in [6, 6.07) is 7.51. The summed E-state index contributed by atoms with van der Waals surface area (Å²) in [5.41, 5.74) is 2.66. The molecule has 230 valence electrons. The highest BCUT2D eigenvalue weighted by atomic mass is 19.2. The van der Waals surface area contributed by atoms with Crippen LogP contribution >= 0.6 is 0 Å². The smallest absolute Gasteiger partial charge is 0.251 e. The number of imidazole rings is 1. The van der Waals surface area contributed by atoms with Gasteiger partial charge in [-0.15, -0.1) is 0 Å². The number of aliphatic hydroxyl groups excluding tert-OH is 1. The van der Waals surface area contributed by atoms with Gasteiger partial charge in [0.2, 0.25) is 11.7 Å². The summed E-state index contributed by atoms with van der Waals surface area (Å²) in [5.74, 6) is -2.19. The van der Waals surface area contributed by atoms with Crippen molar-refractivity contribution >= 4 is 29.0 Å². The highest BCUT2D eigenvalue weighted by molar-refractivity contribution is 5.96. The Bertz CT molecular complexity index is 1730. The number of fused-ring (bicyclic) bond motifs is 1. The second kappa shape index (κ2) is 12.2. The first-order chi connectivity index (χ1) is 21.2. The Balaban J connectivity index is 1.15. The Hall–Kier alpha value is -4.62. The number of aliphatic hydroxyl groups is 1. The number of ether oxygens (including phenoxy) is 1. The summed E-state index contributed by atoms with van der Waals surface area (Å²) in [6.45, 7) is 3.29. The number of hydrogen-bond acceptors (Lipinski definition) is 8. The van der Waals surface area contributed by atoms with Crippen molar-refractivity contribution in [2.45, 2.75) is 44.4 Å². The van der Waals surface area contributed by atoms with Crippen molar-refractivity contribution in [3.8, 4) is 17.0 Å². The molecule has 6 rings (SSSR count). The van der Waals surface area contributed by atoms with Gasteiger partial charge in [-0.25, -0.2) is 14.4 Å². The van der Waals surface area contributed by atoms with E-state index in [9.17, 15) is 23.5 Å². The standard InChI is InChI=1S/C31H33F2N7O4/c1-17-12-18(5-6-21(17)30(42)38-19-4-3-10-39(16-19)31(43)23-13-20(41)14-35-23)37-28-29-36-15-24(40(29)11-9-34-28)22-7-8-25(44-2)27(33)26(22)32/h5-9,11-12,15,19-20,23,35,41H,3-4,10,13-14,16H2,1-2H3,(H,34,37)(H,38,42)/t19?,20-,23+/m0/s1. The van der Waals surface area contributed by atoms with E-state index in [2.05, 4.69) is 25.9 Å². The van der Waals surface area contributed by atoms with Crippen LogP contribution < -0.4 is 20.7 Å². The predicted molar refractivity (Wildman–Crippen MR) is 159 cm³/mol. The molecule has 0 saturated carbocycles. The lowest BCUT2D eigenvalue weighted by Crippen LogP contribution is -2.53. The van der Waals surface area contributed by atoms with Crippen molar-refractivity contribution in [2.24, 2.45) is 0 Å². The zero-order valence-corrected chi connectivity index (χ0v) is 24.3. The number of likely N-dealkylation sites (tertiary alicyclic amines) is 1. The van der Waals surface area contributed by atoms with E-state index >= 15 is 0 Å². The Morgan fingerprint density at radius 3 is 2.75 bits per heavy atom. The fourth-order valence-electron chi connectivity index (χ4n) is 5.91. The largest absolute Gasteiger partial charge is 0.494 e. The molecule has 4 heterocycles. The number of aromatic nitrogens is 3. The van der Waals surface area contributed by atoms with Gasteiger partial charge in [0.05, 0.1) is 31.1 Å². The maximum atomic E-state index is 14.8. The lowest BCUT2D eigenvalue weighted by Gasteiger charge is -2.34. The molecular weight excluding hydrogens is 572 g/mol. The van der Waals surface area contributed by atoms with Gasteiger partial charge in [0.25, 0.3) is 5.91 Å². The maximum Gasteiger partial charge on any atom is 0.251 e. The summed E-state index contributed by atoms with van der Waals surface area (Å²) in [7, 11) is 1.27. The van der Waals surface area contributed by atoms with Gasteiger partial charge >= 0.3 is 0 Å². The Morgan fingerprint density at radius 2 is 2.00 bits per heavy atom. The molecular formula is C31H33F2N7O4. The lowest BCUT2D eigenvalue weighted by molar-refractivity contribution is -0.134. The molecule has 0 radical (unpaired) electrons. The molecule has 2 fully saturated rings. The van der Waals surface area contributed by atoms with Crippen molar-refractivity contribution in [3.05, 3.63) is 71.7 Å². The van der Waals surface area contributed by atoms with E-state index in [1.165, 1.54) is 31.6 Å². The lowest BCUT2D eigenvalue weighted by atomic mass is 10.0. The van der Waals surface area contributed by atoms with Crippen LogP contribution in [0, 0.1) is 18.6 Å². The summed E-state index contributed by atoms with van der Waals surface area (Å²) in [6.07, 6.45) is 6.01. The molecule has 0 aliphatic carbocycles. The van der Waals surface area contributed by atoms with Crippen LogP contribution in [-0.2, 0) is 4.79 Å². The SMILES string of the molecule is COc1ccc(-c2cnc3c(Nc4ccc(C(=O)NC5CCCN(C(=O)[C@H]6C[C@H](O)CN6)C5)c(C)c4)nccn23)c(F)c1F. The van der Waals surface area contributed by atoms with Crippen LogP contribution in [0.5, 0.6) is 5.75 Å². The van der Waals surface area contributed by atoms with Crippen LogP contribution in [-0.4, -0.2) is 81.1 Å². The molecule has 2 aliphatic rings. The minimum atomic E-state index is -1.08. The normalized spacial score (nSPS) is 20.1. The van der Waals surface area contributed by atoms with Gasteiger partial charge in [-0.1, -0.05) is 0 Å². The number of nitrogens with zero attached hydrogens (tertiary/aromatic N) is 4. The molecule has 11 nitrogen and oxygen atoms in total. The number of piperidine rings is 1. The van der Waals surface area contributed by atoms with Crippen LogP contribution in [0.1, 0.15) is 35.2 Å². The average Bonchev–Trinajstić information content (AvgIpc) is 3.65. The average molecular weight is 606 g/mol. The molecule has 4 aromatic rings. The Labute approximate surface area is 252 Å². The number of nitrogens with one attached hydrogen (secondary N) is 3. The number of rotatable bonds is 7. The maximum absolute atomic E-state index is 14.8. The molecule has 44 heavy (non-hydrogen) atoms. The van der Waals surface area contributed by atoms with Gasteiger partial charge < -0.3 is 30.7 Å². The van der Waals surface area contributed by atoms with Gasteiger partial charge in [0, 0.05) is 54.9 Å². The Morgan fingerprint density at radius 1 is 1.16 bits per heavy atom. The first kappa shape index (κ1) is 29.5. The zero-order chi connectivity index (χ0) is 31.0. The number of halogens is 2. The third-order valence-corrected chi connectivity index (χ3v) is 8.18. The number of β-amino-alcohol motifs (C(OH)–C–C–N with tert-alkyl or cyclic N) is 1. The number of benzene rings is 2. The topological polar surface area (TPSA) is 133 Å².